The van der Waals surface area contributed by atoms with Crippen LogP contribution in [0.15, 0.2) is 16.7 Å². The number of imidazole rings is 1. The predicted molar refractivity (Wildman–Crippen MR) is 75.8 cm³/mol. The molecule has 2 heterocycles. The summed E-state index contributed by atoms with van der Waals surface area (Å²) in [5.74, 6) is 0.0562. The van der Waals surface area contributed by atoms with E-state index in [4.69, 9.17) is 4.74 Å². The average molecular weight is 326 g/mol. The molecule has 6 heteroatoms. The Hall–Kier alpha value is -1.43. The van der Waals surface area contributed by atoms with Crippen molar-refractivity contribution in [1.82, 2.24) is 15.0 Å². The fraction of sp³-hybridized carbons (Fsp3) is 0.462. The van der Waals surface area contributed by atoms with Crippen LogP contribution in [0.5, 0.6) is 0 Å². The first-order chi connectivity index (χ1) is 9.02. The van der Waals surface area contributed by atoms with Gasteiger partial charge in [0.1, 0.15) is 11.7 Å². The molecular weight excluding hydrogens is 310 g/mol. The monoisotopic (exact) mass is 325 g/mol. The van der Waals surface area contributed by atoms with E-state index >= 15 is 0 Å². The summed E-state index contributed by atoms with van der Waals surface area (Å²) in [4.78, 5) is 23.8. The van der Waals surface area contributed by atoms with Gasteiger partial charge in [0.05, 0.1) is 12.1 Å². The molecule has 1 atom stereocenters. The minimum atomic E-state index is -0.395. The third-order valence-corrected chi connectivity index (χ3v) is 3.26. The maximum Gasteiger partial charge on any atom is 0.316 e. The number of pyridine rings is 1. The van der Waals surface area contributed by atoms with Gasteiger partial charge in [0.25, 0.3) is 0 Å². The number of H-pyrrole nitrogens is 1. The van der Waals surface area contributed by atoms with Crippen LogP contribution in [0.3, 0.4) is 0 Å². The van der Waals surface area contributed by atoms with E-state index < -0.39 is 5.92 Å². The zero-order chi connectivity index (χ0) is 14.0. The number of ether oxygens (including phenoxy) is 1. The van der Waals surface area contributed by atoms with Crippen molar-refractivity contribution in [2.45, 2.75) is 26.7 Å². The normalized spacial score (nSPS) is 12.9. The Morgan fingerprint density at radius 3 is 2.89 bits per heavy atom. The molecule has 0 saturated heterocycles. The van der Waals surface area contributed by atoms with Gasteiger partial charge in [0.2, 0.25) is 0 Å². The highest BCUT2D eigenvalue weighted by atomic mass is 79.9. The third-order valence-electron chi connectivity index (χ3n) is 2.82. The number of nitrogens with one attached hydrogen (secondary N) is 1. The summed E-state index contributed by atoms with van der Waals surface area (Å²) in [5.41, 5.74) is 1.41. The quantitative estimate of drug-likeness (QED) is 0.877. The molecule has 0 radical (unpaired) electrons. The van der Waals surface area contributed by atoms with Gasteiger partial charge >= 0.3 is 5.97 Å². The molecule has 0 amide bonds. The van der Waals surface area contributed by atoms with Gasteiger partial charge in [-0.15, -0.1) is 0 Å². The minimum absolute atomic E-state index is 0.100. The van der Waals surface area contributed by atoms with Gasteiger partial charge in [-0.05, 0) is 34.8 Å². The molecule has 0 spiro atoms. The van der Waals surface area contributed by atoms with Crippen LogP contribution in [0.1, 0.15) is 32.5 Å². The van der Waals surface area contributed by atoms with E-state index in [1.54, 1.807) is 13.1 Å². The van der Waals surface area contributed by atoms with Crippen molar-refractivity contribution in [3.8, 4) is 0 Å². The van der Waals surface area contributed by atoms with Gasteiger partial charge < -0.3 is 9.72 Å². The highest BCUT2D eigenvalue weighted by Crippen LogP contribution is 2.26. The molecule has 0 aliphatic rings. The van der Waals surface area contributed by atoms with Crippen LogP contribution in [0.25, 0.3) is 11.2 Å². The van der Waals surface area contributed by atoms with Crippen molar-refractivity contribution in [1.29, 1.82) is 0 Å². The SMILES string of the molecule is CCOC(=O)C(c1nc2ncc(Br)cc2[nH]1)C(C)C. The van der Waals surface area contributed by atoms with Crippen LogP contribution in [-0.2, 0) is 9.53 Å². The number of carbonyl (C=O) groups is 1. The van der Waals surface area contributed by atoms with Crippen LogP contribution < -0.4 is 0 Å². The maximum atomic E-state index is 12.0. The first-order valence-corrected chi connectivity index (χ1v) is 7.00. The minimum Gasteiger partial charge on any atom is -0.465 e. The Kier molecular flexibility index (Phi) is 4.19. The van der Waals surface area contributed by atoms with Gasteiger partial charge in [-0.1, -0.05) is 13.8 Å². The van der Waals surface area contributed by atoms with Gasteiger partial charge in [-0.25, -0.2) is 9.97 Å². The number of aromatic amines is 1. The number of aromatic nitrogens is 3. The topological polar surface area (TPSA) is 67.9 Å². The summed E-state index contributed by atoms with van der Waals surface area (Å²) >= 11 is 3.36. The van der Waals surface area contributed by atoms with E-state index in [1.165, 1.54) is 0 Å². The molecule has 0 aromatic carbocycles. The number of esters is 1. The zero-order valence-electron chi connectivity index (χ0n) is 11.1. The van der Waals surface area contributed by atoms with Crippen molar-refractivity contribution >= 4 is 33.1 Å². The largest absolute Gasteiger partial charge is 0.465 e. The summed E-state index contributed by atoms with van der Waals surface area (Å²) in [7, 11) is 0. The fourth-order valence-electron chi connectivity index (χ4n) is 1.97. The van der Waals surface area contributed by atoms with Crippen LogP contribution in [-0.4, -0.2) is 27.5 Å². The Morgan fingerprint density at radius 1 is 1.53 bits per heavy atom. The maximum absolute atomic E-state index is 12.0. The standard InChI is InChI=1S/C13H16BrN3O2/c1-4-19-13(18)10(7(2)3)12-16-9-5-8(14)6-15-11(9)17-12/h5-7,10H,4H2,1-3H3,(H,15,16,17). The summed E-state index contributed by atoms with van der Waals surface area (Å²) in [6.45, 7) is 6.11. The molecule has 0 aliphatic carbocycles. The van der Waals surface area contributed by atoms with E-state index in [-0.39, 0.29) is 11.9 Å². The van der Waals surface area contributed by atoms with Crippen LogP contribution in [0, 0.1) is 5.92 Å². The highest BCUT2D eigenvalue weighted by Gasteiger charge is 2.28. The van der Waals surface area contributed by atoms with Gasteiger partial charge in [0, 0.05) is 10.7 Å². The van der Waals surface area contributed by atoms with Crippen molar-refractivity contribution < 1.29 is 9.53 Å². The van der Waals surface area contributed by atoms with E-state index in [1.807, 2.05) is 19.9 Å². The molecule has 0 aliphatic heterocycles. The predicted octanol–water partition coefficient (Wildman–Crippen LogP) is 3.02. The Balaban J connectivity index is 2.41. The van der Waals surface area contributed by atoms with E-state index in [2.05, 4.69) is 30.9 Å². The van der Waals surface area contributed by atoms with Gasteiger partial charge in [0.15, 0.2) is 5.65 Å². The van der Waals surface area contributed by atoms with Gasteiger partial charge in [-0.2, -0.15) is 0 Å². The number of halogens is 1. The number of nitrogens with zero attached hydrogens (tertiary/aromatic N) is 2. The van der Waals surface area contributed by atoms with Crippen LogP contribution in [0.2, 0.25) is 0 Å². The third kappa shape index (κ3) is 2.94. The molecule has 0 bridgehead atoms. The summed E-state index contributed by atoms with van der Waals surface area (Å²) in [5, 5.41) is 0. The first-order valence-electron chi connectivity index (χ1n) is 6.20. The molecule has 2 aromatic heterocycles. The Labute approximate surface area is 119 Å². The second-order valence-electron chi connectivity index (χ2n) is 4.62. The summed E-state index contributed by atoms with van der Waals surface area (Å²) in [6.07, 6.45) is 1.68. The highest BCUT2D eigenvalue weighted by molar-refractivity contribution is 9.10. The summed E-state index contributed by atoms with van der Waals surface area (Å²) in [6, 6.07) is 1.89. The van der Waals surface area contributed by atoms with Crippen molar-refractivity contribution in [3.63, 3.8) is 0 Å². The van der Waals surface area contributed by atoms with Crippen LogP contribution >= 0.6 is 15.9 Å². The zero-order valence-corrected chi connectivity index (χ0v) is 12.7. The number of fused-ring (bicyclic) bond motifs is 1. The lowest BCUT2D eigenvalue weighted by Crippen LogP contribution is -2.22. The number of hydrogen-bond acceptors (Lipinski definition) is 4. The lowest BCUT2D eigenvalue weighted by Gasteiger charge is -2.16. The summed E-state index contributed by atoms with van der Waals surface area (Å²) < 4.78 is 5.98. The lowest BCUT2D eigenvalue weighted by molar-refractivity contribution is -0.146. The second kappa shape index (κ2) is 5.69. The Morgan fingerprint density at radius 2 is 2.26 bits per heavy atom. The first kappa shape index (κ1) is 14.0. The molecule has 102 valence electrons. The molecule has 1 unspecified atom stereocenters. The van der Waals surface area contributed by atoms with E-state index in [0.29, 0.717) is 18.1 Å². The smallest absolute Gasteiger partial charge is 0.316 e. The Bertz CT molecular complexity index is 595. The molecule has 5 nitrogen and oxygen atoms in total. The molecule has 2 aromatic rings. The second-order valence-corrected chi connectivity index (χ2v) is 5.54. The van der Waals surface area contributed by atoms with Crippen molar-refractivity contribution in [2.24, 2.45) is 5.92 Å². The molecular formula is C13H16BrN3O2. The number of rotatable bonds is 4. The fourth-order valence-corrected chi connectivity index (χ4v) is 2.30. The molecule has 19 heavy (non-hydrogen) atoms. The molecule has 1 N–H and O–H groups in total. The van der Waals surface area contributed by atoms with Gasteiger partial charge in [-0.3, -0.25) is 4.79 Å². The van der Waals surface area contributed by atoms with Crippen LogP contribution in [0.4, 0.5) is 0 Å². The van der Waals surface area contributed by atoms with Crippen molar-refractivity contribution in [3.05, 3.63) is 22.6 Å². The number of carbonyl (C=O) groups excluding carboxylic acids is 1. The average Bonchev–Trinajstić information content (AvgIpc) is 2.71. The molecule has 0 saturated carbocycles. The van der Waals surface area contributed by atoms with E-state index in [0.717, 1.165) is 9.99 Å². The number of hydrogen-bond donors (Lipinski definition) is 1. The van der Waals surface area contributed by atoms with Crippen molar-refractivity contribution in [2.75, 3.05) is 6.61 Å². The lowest BCUT2D eigenvalue weighted by atomic mass is 9.95. The molecule has 2 rings (SSSR count). The van der Waals surface area contributed by atoms with E-state index in [9.17, 15) is 4.79 Å². The molecule has 0 fully saturated rings.